The number of aryl methyl sites for hydroxylation is 3. The molecule has 0 fully saturated rings. The molecule has 2 aromatic carbocycles. The maximum absolute atomic E-state index is 3.86. The SMILES string of the molecule is Cc1cc(C)c(P(N[C@@H](C)c2ccccc2)NC(C)(C)C)c(C)c1. The molecule has 0 aliphatic rings. The minimum atomic E-state index is -0.661. The molecule has 0 amide bonds. The van der Waals surface area contributed by atoms with Gasteiger partial charge in [0.1, 0.15) is 0 Å². The zero-order valence-electron chi connectivity index (χ0n) is 16.1. The fourth-order valence-corrected chi connectivity index (χ4v) is 5.37. The molecule has 0 saturated carbocycles. The van der Waals surface area contributed by atoms with Gasteiger partial charge in [-0.25, -0.2) is 0 Å². The largest absolute Gasteiger partial charge is 0.275 e. The highest BCUT2D eigenvalue weighted by molar-refractivity contribution is 7.62. The van der Waals surface area contributed by atoms with Gasteiger partial charge in [-0.15, -0.1) is 0 Å². The Morgan fingerprint density at radius 1 is 0.917 bits per heavy atom. The number of hydrogen-bond acceptors (Lipinski definition) is 2. The van der Waals surface area contributed by atoms with E-state index in [-0.39, 0.29) is 5.54 Å². The first kappa shape index (κ1) is 19.1. The highest BCUT2D eigenvalue weighted by Crippen LogP contribution is 2.35. The predicted octanol–water partition coefficient (Wildman–Crippen LogP) is 5.29. The zero-order chi connectivity index (χ0) is 17.9. The van der Waals surface area contributed by atoms with Gasteiger partial charge in [-0.3, -0.25) is 10.2 Å². The fourth-order valence-electron chi connectivity index (χ4n) is 3.02. The molecule has 0 aromatic heterocycles. The Bertz CT molecular complexity index is 651. The van der Waals surface area contributed by atoms with E-state index in [1.165, 1.54) is 27.6 Å². The van der Waals surface area contributed by atoms with Crippen LogP contribution in [0, 0.1) is 20.8 Å². The Morgan fingerprint density at radius 2 is 1.46 bits per heavy atom. The molecule has 0 saturated heterocycles. The van der Waals surface area contributed by atoms with Crippen LogP contribution in [0.4, 0.5) is 0 Å². The number of rotatable bonds is 5. The molecule has 0 bridgehead atoms. The van der Waals surface area contributed by atoms with E-state index in [2.05, 4.69) is 101 Å². The maximum Gasteiger partial charge on any atom is 0.0683 e. The minimum absolute atomic E-state index is 0.0544. The molecule has 2 aromatic rings. The molecule has 0 aliphatic carbocycles. The normalized spacial score (nSPS) is 14.5. The van der Waals surface area contributed by atoms with Gasteiger partial charge in [0, 0.05) is 16.9 Å². The van der Waals surface area contributed by atoms with Crippen LogP contribution < -0.4 is 15.5 Å². The number of nitrogens with one attached hydrogen (secondary N) is 2. The summed E-state index contributed by atoms with van der Waals surface area (Å²) in [6.07, 6.45) is 0. The molecule has 2 rings (SSSR count). The van der Waals surface area contributed by atoms with Gasteiger partial charge >= 0.3 is 0 Å². The number of benzene rings is 2. The Hall–Kier alpha value is -1.21. The maximum atomic E-state index is 3.86. The Labute approximate surface area is 148 Å². The summed E-state index contributed by atoms with van der Waals surface area (Å²) in [5, 5.41) is 9.11. The summed E-state index contributed by atoms with van der Waals surface area (Å²) in [6.45, 7) is 15.6. The summed E-state index contributed by atoms with van der Waals surface area (Å²) in [5.41, 5.74) is 5.43. The van der Waals surface area contributed by atoms with Gasteiger partial charge in [0.05, 0.1) is 8.22 Å². The fraction of sp³-hybridized carbons (Fsp3) is 0.429. The van der Waals surface area contributed by atoms with E-state index in [0.717, 1.165) is 0 Å². The molecule has 0 aliphatic heterocycles. The zero-order valence-corrected chi connectivity index (χ0v) is 17.0. The molecule has 1 unspecified atom stereocenters. The van der Waals surface area contributed by atoms with Crippen molar-refractivity contribution in [2.24, 2.45) is 0 Å². The standard InChI is InChI=1S/C21H31N2P/c1-15-13-16(2)20(17(3)14-15)24(23-21(5,6)7)22-18(4)19-11-9-8-10-12-19/h8-14,18,22-23H,1-7H3/t18-,24?/m0/s1. The lowest BCUT2D eigenvalue weighted by molar-refractivity contribution is 0.524. The van der Waals surface area contributed by atoms with E-state index in [4.69, 9.17) is 0 Å². The van der Waals surface area contributed by atoms with Gasteiger partial charge in [0.25, 0.3) is 0 Å². The second kappa shape index (κ2) is 7.78. The van der Waals surface area contributed by atoms with Gasteiger partial charge in [0.2, 0.25) is 0 Å². The van der Waals surface area contributed by atoms with Gasteiger partial charge < -0.3 is 0 Å². The van der Waals surface area contributed by atoms with Crippen molar-refractivity contribution in [3.05, 3.63) is 64.7 Å². The van der Waals surface area contributed by atoms with Crippen LogP contribution >= 0.6 is 8.22 Å². The lowest BCUT2D eigenvalue weighted by Gasteiger charge is -2.33. The van der Waals surface area contributed by atoms with E-state index < -0.39 is 8.22 Å². The van der Waals surface area contributed by atoms with Crippen molar-refractivity contribution in [2.75, 3.05) is 0 Å². The van der Waals surface area contributed by atoms with Crippen molar-refractivity contribution in [3.8, 4) is 0 Å². The molecule has 0 heterocycles. The van der Waals surface area contributed by atoms with E-state index in [9.17, 15) is 0 Å². The van der Waals surface area contributed by atoms with E-state index in [0.29, 0.717) is 6.04 Å². The molecule has 2 N–H and O–H groups in total. The predicted molar refractivity (Wildman–Crippen MR) is 108 cm³/mol. The average molecular weight is 342 g/mol. The average Bonchev–Trinajstić information content (AvgIpc) is 2.45. The summed E-state index contributed by atoms with van der Waals surface area (Å²) >= 11 is 0. The summed E-state index contributed by atoms with van der Waals surface area (Å²) < 4.78 is 0. The van der Waals surface area contributed by atoms with Crippen molar-refractivity contribution in [3.63, 3.8) is 0 Å². The molecule has 2 nitrogen and oxygen atoms in total. The smallest absolute Gasteiger partial charge is 0.0683 e. The van der Waals surface area contributed by atoms with Crippen molar-refractivity contribution >= 4 is 13.5 Å². The van der Waals surface area contributed by atoms with E-state index in [1.807, 2.05) is 0 Å². The first-order valence-electron chi connectivity index (χ1n) is 8.64. The van der Waals surface area contributed by atoms with Crippen LogP contribution in [0.15, 0.2) is 42.5 Å². The third kappa shape index (κ3) is 5.14. The lowest BCUT2D eigenvalue weighted by atomic mass is 10.1. The van der Waals surface area contributed by atoms with E-state index >= 15 is 0 Å². The minimum Gasteiger partial charge on any atom is -0.275 e. The van der Waals surface area contributed by atoms with Crippen molar-refractivity contribution < 1.29 is 0 Å². The summed E-state index contributed by atoms with van der Waals surface area (Å²) in [4.78, 5) is 0. The first-order valence-corrected chi connectivity index (χ1v) is 9.98. The topological polar surface area (TPSA) is 24.1 Å². The number of hydrogen-bond donors (Lipinski definition) is 2. The van der Waals surface area contributed by atoms with Crippen molar-refractivity contribution in [1.29, 1.82) is 0 Å². The van der Waals surface area contributed by atoms with Crippen LogP contribution in [0.5, 0.6) is 0 Å². The summed E-state index contributed by atoms with van der Waals surface area (Å²) in [7, 11) is -0.661. The molecule has 24 heavy (non-hydrogen) atoms. The highest BCUT2D eigenvalue weighted by atomic mass is 31.1. The lowest BCUT2D eigenvalue weighted by Crippen LogP contribution is -2.40. The van der Waals surface area contributed by atoms with Gasteiger partial charge in [-0.05, 0) is 65.2 Å². The van der Waals surface area contributed by atoms with Gasteiger partial charge in [-0.2, -0.15) is 0 Å². The summed E-state index contributed by atoms with van der Waals surface area (Å²) in [5.74, 6) is 0. The van der Waals surface area contributed by atoms with Crippen molar-refractivity contribution in [2.45, 2.75) is 60.0 Å². The quantitative estimate of drug-likeness (QED) is 0.722. The molecule has 130 valence electrons. The molecule has 0 radical (unpaired) electrons. The Morgan fingerprint density at radius 3 is 1.96 bits per heavy atom. The van der Waals surface area contributed by atoms with Crippen molar-refractivity contribution in [1.82, 2.24) is 10.2 Å². The Kier molecular flexibility index (Phi) is 6.20. The Balaban J connectivity index is 2.35. The third-order valence-electron chi connectivity index (χ3n) is 3.93. The second-order valence-corrected chi connectivity index (χ2v) is 9.31. The molecular weight excluding hydrogens is 311 g/mol. The van der Waals surface area contributed by atoms with Crippen LogP contribution in [0.2, 0.25) is 0 Å². The van der Waals surface area contributed by atoms with Crippen LogP contribution in [0.1, 0.15) is 56.0 Å². The van der Waals surface area contributed by atoms with Gasteiger partial charge in [-0.1, -0.05) is 48.0 Å². The summed E-state index contributed by atoms with van der Waals surface area (Å²) in [6, 6.07) is 15.5. The van der Waals surface area contributed by atoms with Crippen LogP contribution in [0.25, 0.3) is 0 Å². The monoisotopic (exact) mass is 342 g/mol. The molecule has 0 spiro atoms. The molecule has 3 heteroatoms. The second-order valence-electron chi connectivity index (χ2n) is 7.71. The molecular formula is C21H31N2P. The van der Waals surface area contributed by atoms with Gasteiger partial charge in [0.15, 0.2) is 0 Å². The van der Waals surface area contributed by atoms with Crippen LogP contribution in [-0.4, -0.2) is 5.54 Å². The van der Waals surface area contributed by atoms with Crippen LogP contribution in [-0.2, 0) is 0 Å². The third-order valence-corrected chi connectivity index (χ3v) is 6.62. The highest BCUT2D eigenvalue weighted by Gasteiger charge is 2.24. The van der Waals surface area contributed by atoms with Crippen LogP contribution in [0.3, 0.4) is 0 Å². The molecule has 2 atom stereocenters. The van der Waals surface area contributed by atoms with E-state index in [1.54, 1.807) is 0 Å². The first-order chi connectivity index (χ1) is 11.2.